The summed E-state index contributed by atoms with van der Waals surface area (Å²) in [6, 6.07) is 7.43. The molecule has 0 spiro atoms. The van der Waals surface area contributed by atoms with Crippen LogP contribution in [0.2, 0.25) is 5.02 Å². The summed E-state index contributed by atoms with van der Waals surface area (Å²) in [6.45, 7) is 6.52. The van der Waals surface area contributed by atoms with Gasteiger partial charge in [-0.15, -0.1) is 0 Å². The lowest BCUT2D eigenvalue weighted by atomic mass is 9.71. The van der Waals surface area contributed by atoms with E-state index in [0.717, 1.165) is 5.56 Å². The second-order valence-corrected chi connectivity index (χ2v) is 8.19. The predicted octanol–water partition coefficient (Wildman–Crippen LogP) is 3.70. The van der Waals surface area contributed by atoms with Crippen molar-refractivity contribution < 1.29 is 14.3 Å². The third kappa shape index (κ3) is 4.46. The van der Waals surface area contributed by atoms with E-state index in [1.807, 2.05) is 45.0 Å². The second-order valence-electron chi connectivity index (χ2n) is 7.76. The SMILES string of the molecule is CN(C)C(=O)C1(c2ccc(Cl)cc2)CCN(C(=O)OC(C)(C)C)CC1. The van der Waals surface area contributed by atoms with Gasteiger partial charge in [-0.2, -0.15) is 0 Å². The van der Waals surface area contributed by atoms with Gasteiger partial charge >= 0.3 is 6.09 Å². The molecule has 1 saturated heterocycles. The first-order valence-corrected chi connectivity index (χ1v) is 8.89. The Morgan fingerprint density at radius 2 is 1.64 bits per heavy atom. The quantitative estimate of drug-likeness (QED) is 0.801. The summed E-state index contributed by atoms with van der Waals surface area (Å²) in [6.07, 6.45) is 0.796. The van der Waals surface area contributed by atoms with E-state index in [4.69, 9.17) is 16.3 Å². The summed E-state index contributed by atoms with van der Waals surface area (Å²) in [7, 11) is 3.53. The maximum atomic E-state index is 13.0. The second kappa shape index (κ2) is 7.24. The molecule has 0 atom stereocenters. The van der Waals surface area contributed by atoms with Gasteiger partial charge in [0.25, 0.3) is 0 Å². The van der Waals surface area contributed by atoms with E-state index in [1.165, 1.54) is 0 Å². The molecule has 1 fully saturated rings. The average molecular weight is 367 g/mol. The van der Waals surface area contributed by atoms with Gasteiger partial charge in [0.05, 0.1) is 5.41 Å². The molecular formula is C19H27ClN2O3. The van der Waals surface area contributed by atoms with E-state index in [9.17, 15) is 9.59 Å². The average Bonchev–Trinajstić information content (AvgIpc) is 2.53. The lowest BCUT2D eigenvalue weighted by molar-refractivity contribution is -0.136. The van der Waals surface area contributed by atoms with Crippen molar-refractivity contribution in [3.8, 4) is 0 Å². The number of halogens is 1. The number of likely N-dealkylation sites (tertiary alicyclic amines) is 1. The molecule has 0 radical (unpaired) electrons. The first-order chi connectivity index (χ1) is 11.5. The predicted molar refractivity (Wildman–Crippen MR) is 98.9 cm³/mol. The van der Waals surface area contributed by atoms with Crippen LogP contribution in [0.1, 0.15) is 39.2 Å². The van der Waals surface area contributed by atoms with Gasteiger partial charge in [-0.1, -0.05) is 23.7 Å². The van der Waals surface area contributed by atoms with Crippen LogP contribution in [-0.4, -0.2) is 54.6 Å². The van der Waals surface area contributed by atoms with Crippen molar-refractivity contribution in [3.63, 3.8) is 0 Å². The molecule has 2 amide bonds. The largest absolute Gasteiger partial charge is 0.444 e. The number of likely N-dealkylation sites (N-methyl/N-ethyl adjacent to an activating group) is 1. The van der Waals surface area contributed by atoms with Gasteiger partial charge in [-0.05, 0) is 51.3 Å². The third-order valence-corrected chi connectivity index (χ3v) is 4.73. The lowest BCUT2D eigenvalue weighted by Crippen LogP contribution is -2.53. The van der Waals surface area contributed by atoms with Crippen molar-refractivity contribution in [2.45, 2.75) is 44.6 Å². The van der Waals surface area contributed by atoms with Gasteiger partial charge in [0, 0.05) is 32.2 Å². The summed E-state index contributed by atoms with van der Waals surface area (Å²) < 4.78 is 5.45. The minimum atomic E-state index is -0.632. The number of amides is 2. The van der Waals surface area contributed by atoms with Crippen molar-refractivity contribution in [2.75, 3.05) is 27.2 Å². The van der Waals surface area contributed by atoms with Crippen LogP contribution in [0.4, 0.5) is 4.79 Å². The van der Waals surface area contributed by atoms with E-state index in [2.05, 4.69) is 0 Å². The summed E-state index contributed by atoms with van der Waals surface area (Å²) in [4.78, 5) is 28.6. The Labute approximate surface area is 154 Å². The van der Waals surface area contributed by atoms with E-state index in [1.54, 1.807) is 23.9 Å². The lowest BCUT2D eigenvalue weighted by Gasteiger charge is -2.42. The Morgan fingerprint density at radius 3 is 2.08 bits per heavy atom. The maximum Gasteiger partial charge on any atom is 0.410 e. The minimum Gasteiger partial charge on any atom is -0.444 e. The Kier molecular flexibility index (Phi) is 5.67. The monoisotopic (exact) mass is 366 g/mol. The fourth-order valence-corrected chi connectivity index (χ4v) is 3.35. The van der Waals surface area contributed by atoms with Crippen molar-refractivity contribution in [2.24, 2.45) is 0 Å². The topological polar surface area (TPSA) is 49.9 Å². The van der Waals surface area contributed by atoms with Crippen molar-refractivity contribution in [1.82, 2.24) is 9.80 Å². The molecule has 2 rings (SSSR count). The normalized spacial score (nSPS) is 17.1. The molecule has 0 aromatic heterocycles. The highest BCUT2D eigenvalue weighted by Gasteiger charge is 2.45. The molecule has 1 aromatic rings. The zero-order chi connectivity index (χ0) is 18.8. The molecule has 0 N–H and O–H groups in total. The molecule has 5 nitrogen and oxygen atoms in total. The van der Waals surface area contributed by atoms with Crippen molar-refractivity contribution in [3.05, 3.63) is 34.9 Å². The summed E-state index contributed by atoms with van der Waals surface area (Å²) in [5.74, 6) is 0.0543. The number of carbonyl (C=O) groups is 2. The van der Waals surface area contributed by atoms with Crippen LogP contribution in [0.15, 0.2) is 24.3 Å². The molecule has 6 heteroatoms. The molecular weight excluding hydrogens is 340 g/mol. The molecule has 0 saturated carbocycles. The summed E-state index contributed by atoms with van der Waals surface area (Å²) >= 11 is 6.00. The van der Waals surface area contributed by atoms with Gasteiger partial charge in [0.1, 0.15) is 5.60 Å². The minimum absolute atomic E-state index is 0.0543. The van der Waals surface area contributed by atoms with Gasteiger partial charge in [-0.3, -0.25) is 4.79 Å². The summed E-state index contributed by atoms with van der Waals surface area (Å²) in [5, 5.41) is 0.641. The van der Waals surface area contributed by atoms with E-state index in [-0.39, 0.29) is 12.0 Å². The molecule has 1 heterocycles. The third-order valence-electron chi connectivity index (χ3n) is 4.48. The number of ether oxygens (including phenoxy) is 1. The van der Waals surface area contributed by atoms with Crippen LogP contribution in [0.3, 0.4) is 0 Å². The number of nitrogens with zero attached hydrogens (tertiary/aromatic N) is 2. The number of piperidine rings is 1. The zero-order valence-electron chi connectivity index (χ0n) is 15.6. The molecule has 0 unspecified atom stereocenters. The number of hydrogen-bond donors (Lipinski definition) is 0. The van der Waals surface area contributed by atoms with Gasteiger partial charge < -0.3 is 14.5 Å². The Balaban J connectivity index is 2.22. The molecule has 1 aliphatic heterocycles. The summed E-state index contributed by atoms with van der Waals surface area (Å²) in [5.41, 5.74) is -0.215. The Bertz CT molecular complexity index is 627. The highest BCUT2D eigenvalue weighted by Crippen LogP contribution is 2.38. The highest BCUT2D eigenvalue weighted by molar-refractivity contribution is 6.30. The molecule has 138 valence electrons. The molecule has 0 bridgehead atoms. The van der Waals surface area contributed by atoms with Crippen molar-refractivity contribution >= 4 is 23.6 Å². The first-order valence-electron chi connectivity index (χ1n) is 8.51. The molecule has 0 aliphatic carbocycles. The van der Waals surface area contributed by atoms with E-state index in [0.29, 0.717) is 31.0 Å². The highest BCUT2D eigenvalue weighted by atomic mass is 35.5. The van der Waals surface area contributed by atoms with Crippen molar-refractivity contribution in [1.29, 1.82) is 0 Å². The van der Waals surface area contributed by atoms with Crippen LogP contribution in [0, 0.1) is 0 Å². The van der Waals surface area contributed by atoms with Crippen LogP contribution >= 0.6 is 11.6 Å². The molecule has 25 heavy (non-hydrogen) atoms. The van der Waals surface area contributed by atoms with Crippen LogP contribution in [-0.2, 0) is 14.9 Å². The molecule has 1 aliphatic rings. The Hall–Kier alpha value is -1.75. The Morgan fingerprint density at radius 1 is 1.12 bits per heavy atom. The fraction of sp³-hybridized carbons (Fsp3) is 0.579. The van der Waals surface area contributed by atoms with Crippen LogP contribution < -0.4 is 0 Å². The smallest absolute Gasteiger partial charge is 0.410 e. The van der Waals surface area contributed by atoms with Gasteiger partial charge in [0.2, 0.25) is 5.91 Å². The number of benzene rings is 1. The number of rotatable bonds is 2. The van der Waals surface area contributed by atoms with Crippen LogP contribution in [0.5, 0.6) is 0 Å². The molecule has 1 aromatic carbocycles. The van der Waals surface area contributed by atoms with E-state index >= 15 is 0 Å². The number of hydrogen-bond acceptors (Lipinski definition) is 3. The maximum absolute atomic E-state index is 13.0. The number of carbonyl (C=O) groups excluding carboxylic acids is 2. The standard InChI is InChI=1S/C19H27ClN2O3/c1-18(2,3)25-17(24)22-12-10-19(11-13-22,16(23)21(4)5)14-6-8-15(20)9-7-14/h6-9H,10-13H2,1-5H3. The fourth-order valence-electron chi connectivity index (χ4n) is 3.22. The van der Waals surface area contributed by atoms with Gasteiger partial charge in [-0.25, -0.2) is 4.79 Å². The first kappa shape index (κ1) is 19.6. The zero-order valence-corrected chi connectivity index (χ0v) is 16.4. The van der Waals surface area contributed by atoms with Gasteiger partial charge in [0.15, 0.2) is 0 Å². The van der Waals surface area contributed by atoms with E-state index < -0.39 is 11.0 Å². The van der Waals surface area contributed by atoms with Crippen LogP contribution in [0.25, 0.3) is 0 Å².